The molecule has 1 spiro atoms. The lowest BCUT2D eigenvalue weighted by molar-refractivity contribution is -0.130. The zero-order valence-corrected chi connectivity index (χ0v) is 15.5. The lowest BCUT2D eigenvalue weighted by Gasteiger charge is -2.25. The number of rotatable bonds is 3. The van der Waals surface area contributed by atoms with E-state index in [-0.39, 0.29) is 29.5 Å². The Kier molecular flexibility index (Phi) is 4.46. The molecule has 1 atom stereocenters. The van der Waals surface area contributed by atoms with Crippen molar-refractivity contribution in [2.45, 2.75) is 26.2 Å². The fourth-order valence-electron chi connectivity index (χ4n) is 4.29. The fraction of sp³-hybridized carbons (Fsp3) is 0.364. The normalized spacial score (nSPS) is 22.1. The molecule has 4 rings (SSSR count). The number of carbonyl (C=O) groups is 2. The van der Waals surface area contributed by atoms with Crippen LogP contribution < -0.4 is 4.90 Å². The summed E-state index contributed by atoms with van der Waals surface area (Å²) in [6.07, 6.45) is 1.60. The van der Waals surface area contributed by atoms with Crippen molar-refractivity contribution in [1.82, 2.24) is 4.90 Å². The number of likely N-dealkylation sites (tertiary alicyclic amines) is 1. The van der Waals surface area contributed by atoms with Crippen LogP contribution in [-0.4, -0.2) is 36.3 Å². The average molecular weight is 366 g/mol. The molecule has 0 bridgehead atoms. The predicted molar refractivity (Wildman–Crippen MR) is 102 cm³/mol. The molecule has 2 heterocycles. The topological polar surface area (TPSA) is 40.6 Å². The molecule has 0 radical (unpaired) electrons. The molecule has 0 saturated carbocycles. The van der Waals surface area contributed by atoms with Gasteiger partial charge in [-0.3, -0.25) is 9.59 Å². The molecule has 2 aliphatic rings. The molecule has 1 unspecified atom stereocenters. The SMILES string of the molecule is Cc1ccccc1N1CC2(CCN(C(=O)Cc3ccc(F)cc3)C2)CC1=O. The Morgan fingerprint density at radius 2 is 1.85 bits per heavy atom. The molecule has 4 nitrogen and oxygen atoms in total. The number of benzene rings is 2. The van der Waals surface area contributed by atoms with Gasteiger partial charge in [-0.05, 0) is 42.7 Å². The van der Waals surface area contributed by atoms with E-state index in [4.69, 9.17) is 0 Å². The molecule has 2 fully saturated rings. The van der Waals surface area contributed by atoms with E-state index < -0.39 is 0 Å². The molecule has 27 heavy (non-hydrogen) atoms. The number of amides is 2. The summed E-state index contributed by atoms with van der Waals surface area (Å²) in [6, 6.07) is 14.0. The van der Waals surface area contributed by atoms with Crippen molar-refractivity contribution in [1.29, 1.82) is 0 Å². The van der Waals surface area contributed by atoms with Crippen LogP contribution in [-0.2, 0) is 16.0 Å². The highest BCUT2D eigenvalue weighted by atomic mass is 19.1. The maximum absolute atomic E-state index is 13.0. The smallest absolute Gasteiger partial charge is 0.227 e. The number of anilines is 1. The second kappa shape index (κ2) is 6.80. The average Bonchev–Trinajstić information content (AvgIpc) is 3.20. The molecule has 140 valence electrons. The number of carbonyl (C=O) groups excluding carboxylic acids is 2. The summed E-state index contributed by atoms with van der Waals surface area (Å²) in [4.78, 5) is 29.1. The molecule has 2 aromatic carbocycles. The van der Waals surface area contributed by atoms with Gasteiger partial charge in [0, 0.05) is 37.2 Å². The molecule has 5 heteroatoms. The van der Waals surface area contributed by atoms with Crippen LogP contribution in [0.4, 0.5) is 10.1 Å². The van der Waals surface area contributed by atoms with Crippen molar-refractivity contribution in [3.05, 3.63) is 65.5 Å². The zero-order valence-electron chi connectivity index (χ0n) is 15.5. The van der Waals surface area contributed by atoms with Gasteiger partial charge < -0.3 is 9.80 Å². The van der Waals surface area contributed by atoms with E-state index in [1.807, 2.05) is 41.0 Å². The van der Waals surface area contributed by atoms with E-state index in [0.717, 1.165) is 23.2 Å². The number of aryl methyl sites for hydroxylation is 1. The maximum atomic E-state index is 13.0. The zero-order chi connectivity index (χ0) is 19.0. The van der Waals surface area contributed by atoms with Crippen LogP contribution in [0.3, 0.4) is 0 Å². The van der Waals surface area contributed by atoms with Crippen LogP contribution in [0.15, 0.2) is 48.5 Å². The van der Waals surface area contributed by atoms with Gasteiger partial charge in [0.2, 0.25) is 11.8 Å². The predicted octanol–water partition coefficient (Wildman–Crippen LogP) is 3.33. The van der Waals surface area contributed by atoms with Gasteiger partial charge in [-0.25, -0.2) is 4.39 Å². The van der Waals surface area contributed by atoms with Crippen molar-refractivity contribution in [2.75, 3.05) is 24.5 Å². The highest BCUT2D eigenvalue weighted by Crippen LogP contribution is 2.42. The van der Waals surface area contributed by atoms with Crippen LogP contribution in [0.25, 0.3) is 0 Å². The lowest BCUT2D eigenvalue weighted by atomic mass is 9.86. The van der Waals surface area contributed by atoms with Crippen LogP contribution in [0.1, 0.15) is 24.0 Å². The second-order valence-corrected chi connectivity index (χ2v) is 7.81. The summed E-state index contributed by atoms with van der Waals surface area (Å²) < 4.78 is 13.0. The summed E-state index contributed by atoms with van der Waals surface area (Å²) in [5.74, 6) is -0.121. The molecular weight excluding hydrogens is 343 g/mol. The van der Waals surface area contributed by atoms with Crippen LogP contribution in [0.5, 0.6) is 0 Å². The summed E-state index contributed by atoms with van der Waals surface area (Å²) in [5, 5.41) is 0. The van der Waals surface area contributed by atoms with Crippen LogP contribution in [0.2, 0.25) is 0 Å². The molecule has 0 N–H and O–H groups in total. The molecule has 2 aromatic rings. The maximum Gasteiger partial charge on any atom is 0.227 e. The Labute approximate surface area is 158 Å². The van der Waals surface area contributed by atoms with Gasteiger partial charge in [-0.2, -0.15) is 0 Å². The number of halogens is 1. The van der Waals surface area contributed by atoms with Crippen molar-refractivity contribution in [3.63, 3.8) is 0 Å². The minimum Gasteiger partial charge on any atom is -0.342 e. The van der Waals surface area contributed by atoms with Gasteiger partial charge >= 0.3 is 0 Å². The quantitative estimate of drug-likeness (QED) is 0.836. The molecule has 2 amide bonds. The van der Waals surface area contributed by atoms with E-state index in [0.29, 0.717) is 26.1 Å². The molecule has 0 aromatic heterocycles. The number of nitrogens with zero attached hydrogens (tertiary/aromatic N) is 2. The van der Waals surface area contributed by atoms with Crippen molar-refractivity contribution >= 4 is 17.5 Å². The monoisotopic (exact) mass is 366 g/mol. The van der Waals surface area contributed by atoms with Crippen molar-refractivity contribution in [3.8, 4) is 0 Å². The number of hydrogen-bond acceptors (Lipinski definition) is 2. The molecular formula is C22H23FN2O2. The minimum absolute atomic E-state index is 0.0419. The van der Waals surface area contributed by atoms with E-state index in [9.17, 15) is 14.0 Å². The van der Waals surface area contributed by atoms with E-state index in [1.165, 1.54) is 12.1 Å². The van der Waals surface area contributed by atoms with Gasteiger partial charge in [0.1, 0.15) is 5.82 Å². The minimum atomic E-state index is -0.299. The van der Waals surface area contributed by atoms with Gasteiger partial charge in [0.05, 0.1) is 6.42 Å². The summed E-state index contributed by atoms with van der Waals surface area (Å²) >= 11 is 0. The van der Waals surface area contributed by atoms with Gasteiger partial charge in [0.25, 0.3) is 0 Å². The lowest BCUT2D eigenvalue weighted by Crippen LogP contribution is -2.35. The fourth-order valence-corrected chi connectivity index (χ4v) is 4.29. The first-order valence-electron chi connectivity index (χ1n) is 9.34. The Hall–Kier alpha value is -2.69. The van der Waals surface area contributed by atoms with E-state index in [1.54, 1.807) is 12.1 Å². The van der Waals surface area contributed by atoms with E-state index >= 15 is 0 Å². The largest absolute Gasteiger partial charge is 0.342 e. The third-order valence-electron chi connectivity index (χ3n) is 5.79. The highest BCUT2D eigenvalue weighted by Gasteiger charge is 2.48. The molecule has 2 aliphatic heterocycles. The Balaban J connectivity index is 1.44. The van der Waals surface area contributed by atoms with Crippen LogP contribution in [0, 0.1) is 18.2 Å². The first-order chi connectivity index (χ1) is 13.0. The summed E-state index contributed by atoms with van der Waals surface area (Å²) in [7, 11) is 0. The second-order valence-electron chi connectivity index (χ2n) is 7.81. The third kappa shape index (κ3) is 3.46. The standard InChI is InChI=1S/C22H23FN2O2/c1-16-4-2-3-5-19(16)25-15-22(13-21(25)27)10-11-24(14-22)20(26)12-17-6-8-18(23)9-7-17/h2-9H,10-15H2,1H3. The first-order valence-corrected chi connectivity index (χ1v) is 9.34. The van der Waals surface area contributed by atoms with Crippen molar-refractivity contribution in [2.24, 2.45) is 5.41 Å². The highest BCUT2D eigenvalue weighted by molar-refractivity contribution is 5.97. The van der Waals surface area contributed by atoms with Gasteiger partial charge in [0.15, 0.2) is 0 Å². The molecule has 0 aliphatic carbocycles. The Bertz CT molecular complexity index is 880. The Morgan fingerprint density at radius 3 is 2.59 bits per heavy atom. The summed E-state index contributed by atoms with van der Waals surface area (Å²) in [6.45, 7) is 3.97. The van der Waals surface area contributed by atoms with Crippen LogP contribution >= 0.6 is 0 Å². The Morgan fingerprint density at radius 1 is 1.11 bits per heavy atom. The van der Waals surface area contributed by atoms with E-state index in [2.05, 4.69) is 0 Å². The summed E-state index contributed by atoms with van der Waals surface area (Å²) in [5.41, 5.74) is 2.71. The molecule has 2 saturated heterocycles. The van der Waals surface area contributed by atoms with Crippen molar-refractivity contribution < 1.29 is 14.0 Å². The number of para-hydroxylation sites is 1. The number of hydrogen-bond donors (Lipinski definition) is 0. The van der Waals surface area contributed by atoms with Gasteiger partial charge in [-0.1, -0.05) is 30.3 Å². The first kappa shape index (κ1) is 17.7. The third-order valence-corrected chi connectivity index (χ3v) is 5.79. The van der Waals surface area contributed by atoms with Gasteiger partial charge in [-0.15, -0.1) is 0 Å².